The van der Waals surface area contributed by atoms with E-state index in [2.05, 4.69) is 67.8 Å². The summed E-state index contributed by atoms with van der Waals surface area (Å²) in [6, 6.07) is -1.01. The number of allylic oxidation sites excluding steroid dienone is 8. The Morgan fingerprint density at radius 1 is 0.343 bits per heavy atom. The maximum Gasteiger partial charge on any atom is 0.249 e. The Balaban J connectivity index is 3.66. The smallest absolute Gasteiger partial charge is 0.249 e. The molecule has 0 aromatic rings. The minimum Gasteiger partial charge on any atom is -0.394 e. The summed E-state index contributed by atoms with van der Waals surface area (Å²) in [5.74, 6) is -0.596. The molecule has 412 valence electrons. The molecule has 0 aromatic carbocycles. The van der Waals surface area contributed by atoms with Gasteiger partial charge < -0.3 is 25.7 Å². The molecule has 0 bridgehead atoms. The molecule has 6 heteroatoms. The summed E-state index contributed by atoms with van der Waals surface area (Å²) in [7, 11) is 0. The maximum absolute atomic E-state index is 12.6. The maximum atomic E-state index is 12.6. The number of aliphatic hydroxyl groups excluding tert-OH is 4. The average Bonchev–Trinajstić information content (AvgIpc) is 3.36. The molecule has 0 spiro atoms. The number of amides is 1. The molecule has 0 saturated heterocycles. The first-order valence-electron chi connectivity index (χ1n) is 31.0. The highest BCUT2D eigenvalue weighted by molar-refractivity contribution is 5.80. The summed E-state index contributed by atoms with van der Waals surface area (Å²) in [6.45, 7) is 4.07. The van der Waals surface area contributed by atoms with Crippen molar-refractivity contribution in [1.82, 2.24) is 5.32 Å². The van der Waals surface area contributed by atoms with Gasteiger partial charge in [-0.3, -0.25) is 4.79 Å². The van der Waals surface area contributed by atoms with E-state index >= 15 is 0 Å². The summed E-state index contributed by atoms with van der Waals surface area (Å²) in [6.07, 6.45) is 74.9. The van der Waals surface area contributed by atoms with E-state index in [1.54, 1.807) is 0 Å². The first-order valence-corrected chi connectivity index (χ1v) is 31.0. The minimum atomic E-state index is -1.30. The fourth-order valence-electron chi connectivity index (χ4n) is 9.61. The standard InChI is InChI=1S/C64H121NO5/c1-3-5-7-9-11-13-15-17-19-21-23-25-27-29-30-31-32-34-36-38-40-42-44-46-48-50-52-54-56-58-62(68)64(70)65-60(59-66)63(69)61(67)57-55-53-51-49-47-45-43-41-39-37-35-33-28-26-24-22-20-18-16-14-12-10-8-6-4-2/h29-30,33,35,41,43,49,51,60-63,66-69H,3-28,31-32,34,36-40,42,44-48,50,52-59H2,1-2H3,(H,65,70)/b30-29-,35-33+,43-41+,51-49+. The van der Waals surface area contributed by atoms with Crippen LogP contribution in [0, 0.1) is 0 Å². The van der Waals surface area contributed by atoms with Crippen LogP contribution in [-0.2, 0) is 4.79 Å². The second-order valence-corrected chi connectivity index (χ2v) is 21.4. The van der Waals surface area contributed by atoms with Crippen molar-refractivity contribution in [3.05, 3.63) is 48.6 Å². The van der Waals surface area contributed by atoms with Crippen molar-refractivity contribution < 1.29 is 25.2 Å². The average molecular weight is 985 g/mol. The van der Waals surface area contributed by atoms with Crippen LogP contribution in [0.25, 0.3) is 0 Å². The SMILES string of the molecule is CCCCCCCCCCCCCC/C=C\CCCCCCCCCCCCCCCC(O)C(=O)NC(CO)C(O)C(O)CCC/C=C/CC/C=C/CC/C=C/CCCCCCCCCCCCCC. The monoisotopic (exact) mass is 984 g/mol. The van der Waals surface area contributed by atoms with Crippen molar-refractivity contribution in [2.45, 2.75) is 346 Å². The Labute approximate surface area is 436 Å². The van der Waals surface area contributed by atoms with Crippen molar-refractivity contribution >= 4 is 5.91 Å². The molecule has 1 amide bonds. The van der Waals surface area contributed by atoms with Crippen LogP contribution in [0.5, 0.6) is 0 Å². The van der Waals surface area contributed by atoms with Crippen LogP contribution < -0.4 is 5.32 Å². The van der Waals surface area contributed by atoms with E-state index in [1.165, 1.54) is 238 Å². The number of carbonyl (C=O) groups is 1. The fourth-order valence-corrected chi connectivity index (χ4v) is 9.61. The second-order valence-electron chi connectivity index (χ2n) is 21.4. The lowest BCUT2D eigenvalue weighted by molar-refractivity contribution is -0.132. The van der Waals surface area contributed by atoms with Gasteiger partial charge in [0.2, 0.25) is 5.91 Å². The largest absolute Gasteiger partial charge is 0.394 e. The zero-order chi connectivity index (χ0) is 50.9. The molecule has 0 aliphatic heterocycles. The van der Waals surface area contributed by atoms with E-state index in [0.717, 1.165) is 51.4 Å². The van der Waals surface area contributed by atoms with E-state index in [9.17, 15) is 25.2 Å². The summed E-state index contributed by atoms with van der Waals surface area (Å²) in [5, 5.41) is 44.0. The van der Waals surface area contributed by atoms with Gasteiger partial charge in [0.15, 0.2) is 0 Å². The van der Waals surface area contributed by atoms with Gasteiger partial charge >= 0.3 is 0 Å². The van der Waals surface area contributed by atoms with Gasteiger partial charge in [-0.15, -0.1) is 0 Å². The van der Waals surface area contributed by atoms with Gasteiger partial charge in [0, 0.05) is 0 Å². The zero-order valence-corrected chi connectivity index (χ0v) is 46.8. The topological polar surface area (TPSA) is 110 Å². The lowest BCUT2D eigenvalue weighted by Crippen LogP contribution is -2.53. The molecule has 6 nitrogen and oxygen atoms in total. The van der Waals surface area contributed by atoms with Gasteiger partial charge in [-0.25, -0.2) is 0 Å². The van der Waals surface area contributed by atoms with Gasteiger partial charge in [-0.2, -0.15) is 0 Å². The highest BCUT2D eigenvalue weighted by Crippen LogP contribution is 2.17. The molecule has 4 atom stereocenters. The Hall–Kier alpha value is -1.73. The summed E-state index contributed by atoms with van der Waals surface area (Å²) in [5.41, 5.74) is 0. The molecule has 4 unspecified atom stereocenters. The van der Waals surface area contributed by atoms with Gasteiger partial charge in [0.05, 0.1) is 18.8 Å². The van der Waals surface area contributed by atoms with Crippen LogP contribution in [0.3, 0.4) is 0 Å². The van der Waals surface area contributed by atoms with Crippen molar-refractivity contribution in [2.24, 2.45) is 0 Å². The molecule has 0 fully saturated rings. The molecule has 0 rings (SSSR count). The summed E-state index contributed by atoms with van der Waals surface area (Å²) >= 11 is 0. The number of hydrogen-bond acceptors (Lipinski definition) is 5. The highest BCUT2D eigenvalue weighted by Gasteiger charge is 2.28. The molecule has 0 radical (unpaired) electrons. The molecule has 0 aliphatic carbocycles. The molecule has 0 heterocycles. The minimum absolute atomic E-state index is 0.359. The fraction of sp³-hybridized carbons (Fsp3) is 0.859. The molecule has 70 heavy (non-hydrogen) atoms. The number of hydrogen-bond donors (Lipinski definition) is 5. The quantitative estimate of drug-likeness (QED) is 0.0308. The number of rotatable bonds is 57. The number of unbranched alkanes of at least 4 members (excludes halogenated alkanes) is 40. The third-order valence-electron chi connectivity index (χ3n) is 14.5. The number of aliphatic hydroxyl groups is 4. The van der Waals surface area contributed by atoms with E-state index < -0.39 is 36.9 Å². The van der Waals surface area contributed by atoms with Gasteiger partial charge in [0.25, 0.3) is 0 Å². The zero-order valence-electron chi connectivity index (χ0n) is 46.8. The van der Waals surface area contributed by atoms with Crippen molar-refractivity contribution in [3.63, 3.8) is 0 Å². The predicted octanol–water partition coefficient (Wildman–Crippen LogP) is 18.5. The first kappa shape index (κ1) is 68.3. The molecule has 0 aromatic heterocycles. The van der Waals surface area contributed by atoms with Crippen LogP contribution >= 0.6 is 0 Å². The normalized spacial score (nSPS) is 14.0. The molecular weight excluding hydrogens is 863 g/mol. The molecule has 0 saturated carbocycles. The van der Waals surface area contributed by atoms with E-state index in [1.807, 2.05) is 0 Å². The third-order valence-corrected chi connectivity index (χ3v) is 14.5. The van der Waals surface area contributed by atoms with Crippen molar-refractivity contribution in [3.8, 4) is 0 Å². The summed E-state index contributed by atoms with van der Waals surface area (Å²) in [4.78, 5) is 12.6. The van der Waals surface area contributed by atoms with Gasteiger partial charge in [-0.05, 0) is 89.9 Å². The lowest BCUT2D eigenvalue weighted by Gasteiger charge is -2.27. The van der Waals surface area contributed by atoms with Gasteiger partial charge in [-0.1, -0.05) is 281 Å². The lowest BCUT2D eigenvalue weighted by atomic mass is 10.00. The number of nitrogens with one attached hydrogen (secondary N) is 1. The van der Waals surface area contributed by atoms with Crippen molar-refractivity contribution in [1.29, 1.82) is 0 Å². The Kier molecular flexibility index (Phi) is 56.7. The highest BCUT2D eigenvalue weighted by atomic mass is 16.3. The summed E-state index contributed by atoms with van der Waals surface area (Å²) < 4.78 is 0. The Bertz CT molecular complexity index is 1150. The van der Waals surface area contributed by atoms with E-state index in [4.69, 9.17) is 0 Å². The second kappa shape index (κ2) is 58.2. The van der Waals surface area contributed by atoms with E-state index in [-0.39, 0.29) is 0 Å². The Morgan fingerprint density at radius 3 is 0.900 bits per heavy atom. The van der Waals surface area contributed by atoms with Crippen molar-refractivity contribution in [2.75, 3.05) is 6.61 Å². The first-order chi connectivity index (χ1) is 34.5. The predicted molar refractivity (Wildman–Crippen MR) is 307 cm³/mol. The van der Waals surface area contributed by atoms with Crippen LogP contribution in [0.2, 0.25) is 0 Å². The van der Waals surface area contributed by atoms with Crippen LogP contribution in [0.4, 0.5) is 0 Å². The third kappa shape index (κ3) is 51.2. The molecule has 0 aliphatic rings. The van der Waals surface area contributed by atoms with Crippen LogP contribution in [0.15, 0.2) is 48.6 Å². The number of carbonyl (C=O) groups excluding carboxylic acids is 1. The van der Waals surface area contributed by atoms with Crippen LogP contribution in [0.1, 0.15) is 322 Å². The van der Waals surface area contributed by atoms with Crippen LogP contribution in [-0.4, -0.2) is 57.3 Å². The molecule has 5 N–H and O–H groups in total. The van der Waals surface area contributed by atoms with Gasteiger partial charge in [0.1, 0.15) is 12.2 Å². The van der Waals surface area contributed by atoms with E-state index in [0.29, 0.717) is 19.3 Å². The molecular formula is C64H121NO5. The Morgan fingerprint density at radius 2 is 0.600 bits per heavy atom.